The van der Waals surface area contributed by atoms with E-state index in [1.165, 1.54) is 11.0 Å². The molecule has 0 aromatic carbocycles. The van der Waals surface area contributed by atoms with Crippen LogP contribution in [0.4, 0.5) is 0 Å². The summed E-state index contributed by atoms with van der Waals surface area (Å²) in [5.74, 6) is -0.230. The van der Waals surface area contributed by atoms with Crippen LogP contribution >= 0.6 is 11.3 Å². The topological polar surface area (TPSA) is 70.8 Å². The van der Waals surface area contributed by atoms with Crippen LogP contribution in [-0.4, -0.2) is 28.9 Å². The van der Waals surface area contributed by atoms with Crippen LogP contribution in [-0.2, 0) is 17.8 Å². The van der Waals surface area contributed by atoms with Crippen LogP contribution in [0.25, 0.3) is 0 Å². The molecule has 106 valence electrons. The largest absolute Gasteiger partial charge is 0.478 e. The summed E-state index contributed by atoms with van der Waals surface area (Å²) in [6.45, 7) is 1.86. The van der Waals surface area contributed by atoms with Crippen LogP contribution in [0.5, 0.6) is 0 Å². The zero-order valence-corrected chi connectivity index (χ0v) is 12.1. The molecule has 2 rings (SSSR count). The fraction of sp³-hybridized carbons (Fsp3) is 0.286. The number of carboxylic acids is 1. The summed E-state index contributed by atoms with van der Waals surface area (Å²) in [6.07, 6.45) is 0.339. The number of carbonyl (C=O) groups excluding carboxylic acids is 1. The molecule has 2 aromatic rings. The Labute approximate surface area is 120 Å². The second-order valence-corrected chi connectivity index (χ2v) is 5.33. The number of hydrogen-bond donors (Lipinski definition) is 1. The molecule has 0 aliphatic carbocycles. The number of nitrogens with zero attached hydrogens (tertiary/aromatic N) is 1. The summed E-state index contributed by atoms with van der Waals surface area (Å²) in [5, 5.41) is 12.8. The van der Waals surface area contributed by atoms with Gasteiger partial charge in [0.2, 0.25) is 5.91 Å². The van der Waals surface area contributed by atoms with E-state index in [1.54, 1.807) is 25.3 Å². The number of carboxylic acid groups (broad SMARTS) is 1. The van der Waals surface area contributed by atoms with Crippen molar-refractivity contribution in [2.24, 2.45) is 0 Å². The van der Waals surface area contributed by atoms with Gasteiger partial charge in [0.05, 0.1) is 13.0 Å². The molecule has 0 bridgehead atoms. The summed E-state index contributed by atoms with van der Waals surface area (Å²) in [5.41, 5.74) is 1.12. The number of likely N-dealkylation sites (N-methyl/N-ethyl adjacent to an activating group) is 1. The number of aryl methyl sites for hydroxylation is 1. The normalized spacial score (nSPS) is 10.5. The summed E-state index contributed by atoms with van der Waals surface area (Å²) in [4.78, 5) is 24.5. The van der Waals surface area contributed by atoms with Gasteiger partial charge in [-0.1, -0.05) is 0 Å². The average molecular weight is 293 g/mol. The number of hydrogen-bond acceptors (Lipinski definition) is 4. The van der Waals surface area contributed by atoms with Crippen LogP contribution < -0.4 is 0 Å². The number of amides is 1. The third kappa shape index (κ3) is 3.27. The van der Waals surface area contributed by atoms with Gasteiger partial charge in [-0.25, -0.2) is 4.79 Å². The molecule has 2 aromatic heterocycles. The Morgan fingerprint density at radius 1 is 1.45 bits per heavy atom. The lowest BCUT2D eigenvalue weighted by Crippen LogP contribution is -2.27. The molecule has 0 saturated carbocycles. The van der Waals surface area contributed by atoms with Gasteiger partial charge in [0.1, 0.15) is 17.1 Å². The van der Waals surface area contributed by atoms with Crippen LogP contribution in [0.2, 0.25) is 0 Å². The maximum absolute atomic E-state index is 12.0. The average Bonchev–Trinajstić information content (AvgIpc) is 2.98. The lowest BCUT2D eigenvalue weighted by Gasteiger charge is -2.15. The third-order valence-electron chi connectivity index (χ3n) is 2.95. The van der Waals surface area contributed by atoms with E-state index in [1.807, 2.05) is 16.8 Å². The molecule has 5 nitrogen and oxygen atoms in total. The first-order valence-corrected chi connectivity index (χ1v) is 6.99. The number of aromatic carboxylic acids is 1. The molecule has 0 fully saturated rings. The second kappa shape index (κ2) is 5.92. The molecule has 6 heteroatoms. The summed E-state index contributed by atoms with van der Waals surface area (Å²) in [6, 6.07) is 3.38. The minimum absolute atomic E-state index is 0.0330. The number of rotatable bonds is 5. The predicted molar refractivity (Wildman–Crippen MR) is 74.9 cm³/mol. The van der Waals surface area contributed by atoms with Gasteiger partial charge in [-0.15, -0.1) is 0 Å². The Morgan fingerprint density at radius 3 is 2.75 bits per heavy atom. The second-order valence-electron chi connectivity index (χ2n) is 4.55. The van der Waals surface area contributed by atoms with Gasteiger partial charge in [-0.3, -0.25) is 4.79 Å². The minimum Gasteiger partial charge on any atom is -0.478 e. The smallest absolute Gasteiger partial charge is 0.339 e. The Kier molecular flexibility index (Phi) is 4.24. The molecule has 0 aliphatic rings. The van der Waals surface area contributed by atoms with Crippen molar-refractivity contribution in [1.29, 1.82) is 0 Å². The Morgan fingerprint density at radius 2 is 2.20 bits per heavy atom. The fourth-order valence-electron chi connectivity index (χ4n) is 1.86. The highest BCUT2D eigenvalue weighted by Crippen LogP contribution is 2.16. The lowest BCUT2D eigenvalue weighted by atomic mass is 10.2. The van der Waals surface area contributed by atoms with Crippen molar-refractivity contribution in [3.8, 4) is 0 Å². The zero-order chi connectivity index (χ0) is 14.7. The molecule has 0 atom stereocenters. The highest BCUT2D eigenvalue weighted by Gasteiger charge is 2.17. The van der Waals surface area contributed by atoms with Crippen molar-refractivity contribution < 1.29 is 19.1 Å². The number of carbonyl (C=O) groups is 2. The van der Waals surface area contributed by atoms with Crippen molar-refractivity contribution in [1.82, 2.24) is 4.90 Å². The first kappa shape index (κ1) is 14.3. The molecule has 0 spiro atoms. The molecule has 1 amide bonds. The van der Waals surface area contributed by atoms with Crippen LogP contribution in [0, 0.1) is 6.92 Å². The molecular formula is C14H15NO4S. The minimum atomic E-state index is -1.02. The highest BCUT2D eigenvalue weighted by atomic mass is 32.1. The molecule has 1 N–H and O–H groups in total. The van der Waals surface area contributed by atoms with Crippen molar-refractivity contribution in [2.45, 2.75) is 19.9 Å². The van der Waals surface area contributed by atoms with Gasteiger partial charge in [0.25, 0.3) is 0 Å². The first-order chi connectivity index (χ1) is 9.47. The van der Waals surface area contributed by atoms with Gasteiger partial charge in [0, 0.05) is 7.05 Å². The SMILES string of the molecule is Cc1oc(CN(C)C(=O)Cc2ccsc2)cc1C(=O)O. The molecule has 0 aliphatic heterocycles. The van der Waals surface area contributed by atoms with Crippen LogP contribution in [0.3, 0.4) is 0 Å². The molecule has 2 heterocycles. The van der Waals surface area contributed by atoms with E-state index in [0.29, 0.717) is 17.9 Å². The van der Waals surface area contributed by atoms with Crippen molar-refractivity contribution in [3.05, 3.63) is 45.5 Å². The van der Waals surface area contributed by atoms with Gasteiger partial charge in [-0.05, 0) is 35.4 Å². The van der Waals surface area contributed by atoms with E-state index >= 15 is 0 Å². The molecule has 20 heavy (non-hydrogen) atoms. The quantitative estimate of drug-likeness (QED) is 0.919. The highest BCUT2D eigenvalue weighted by molar-refractivity contribution is 7.07. The van der Waals surface area contributed by atoms with E-state index in [-0.39, 0.29) is 18.0 Å². The van der Waals surface area contributed by atoms with E-state index in [0.717, 1.165) is 5.56 Å². The predicted octanol–water partition coefficient (Wildman–Crippen LogP) is 2.55. The Balaban J connectivity index is 2.00. The summed E-state index contributed by atoms with van der Waals surface area (Å²) >= 11 is 1.55. The van der Waals surface area contributed by atoms with Gasteiger partial charge < -0.3 is 14.4 Å². The Hall–Kier alpha value is -2.08. The number of furan rings is 1. The van der Waals surface area contributed by atoms with Crippen LogP contribution in [0.1, 0.15) is 27.4 Å². The van der Waals surface area contributed by atoms with Gasteiger partial charge >= 0.3 is 5.97 Å². The fourth-order valence-corrected chi connectivity index (χ4v) is 2.53. The number of thiophene rings is 1. The standard InChI is InChI=1S/C14H15NO4S/c1-9-12(14(17)18)6-11(19-9)7-15(2)13(16)5-10-3-4-20-8-10/h3-4,6,8H,5,7H2,1-2H3,(H,17,18). The van der Waals surface area contributed by atoms with E-state index in [9.17, 15) is 9.59 Å². The molecule has 0 saturated heterocycles. The van der Waals surface area contributed by atoms with Crippen molar-refractivity contribution >= 4 is 23.2 Å². The van der Waals surface area contributed by atoms with Crippen molar-refractivity contribution in [3.63, 3.8) is 0 Å². The van der Waals surface area contributed by atoms with Crippen LogP contribution in [0.15, 0.2) is 27.3 Å². The zero-order valence-electron chi connectivity index (χ0n) is 11.3. The third-order valence-corrected chi connectivity index (χ3v) is 3.69. The molecule has 0 unspecified atom stereocenters. The summed E-state index contributed by atoms with van der Waals surface area (Å²) < 4.78 is 5.36. The van der Waals surface area contributed by atoms with E-state index < -0.39 is 5.97 Å². The van der Waals surface area contributed by atoms with Gasteiger partial charge in [-0.2, -0.15) is 11.3 Å². The van der Waals surface area contributed by atoms with E-state index in [4.69, 9.17) is 9.52 Å². The Bertz CT molecular complexity index is 615. The van der Waals surface area contributed by atoms with E-state index in [2.05, 4.69) is 0 Å². The maximum Gasteiger partial charge on any atom is 0.339 e. The maximum atomic E-state index is 12.0. The lowest BCUT2D eigenvalue weighted by molar-refractivity contribution is -0.129. The molecular weight excluding hydrogens is 278 g/mol. The first-order valence-electron chi connectivity index (χ1n) is 6.05. The molecule has 0 radical (unpaired) electrons. The van der Waals surface area contributed by atoms with Gasteiger partial charge in [0.15, 0.2) is 0 Å². The van der Waals surface area contributed by atoms with Crippen molar-refractivity contribution in [2.75, 3.05) is 7.05 Å². The monoisotopic (exact) mass is 293 g/mol. The summed E-state index contributed by atoms with van der Waals surface area (Å²) in [7, 11) is 1.67.